The monoisotopic (exact) mass is 452 g/mol. The fraction of sp³-hybridized carbons (Fsp3) is 0.360. The summed E-state index contributed by atoms with van der Waals surface area (Å²) in [5.74, 6) is -0.699. The first-order chi connectivity index (χ1) is 16.0. The summed E-state index contributed by atoms with van der Waals surface area (Å²) in [5.41, 5.74) is 1.13. The molecule has 0 unspecified atom stereocenters. The van der Waals surface area contributed by atoms with Crippen LogP contribution < -0.4 is 9.47 Å². The van der Waals surface area contributed by atoms with Gasteiger partial charge in [-0.25, -0.2) is 0 Å². The van der Waals surface area contributed by atoms with Gasteiger partial charge in [0.25, 0.3) is 11.7 Å². The van der Waals surface area contributed by atoms with E-state index in [1.807, 2.05) is 30.3 Å². The van der Waals surface area contributed by atoms with Crippen molar-refractivity contribution in [2.75, 3.05) is 53.6 Å². The molecule has 2 aliphatic rings. The Labute approximate surface area is 193 Å². The Morgan fingerprint density at radius 3 is 2.42 bits per heavy atom. The van der Waals surface area contributed by atoms with E-state index in [1.54, 1.807) is 23.1 Å². The number of rotatable bonds is 7. The summed E-state index contributed by atoms with van der Waals surface area (Å²) in [6.45, 7) is 3.84. The first-order valence-corrected chi connectivity index (χ1v) is 10.9. The van der Waals surface area contributed by atoms with E-state index in [0.717, 1.165) is 18.7 Å². The zero-order valence-electron chi connectivity index (χ0n) is 18.8. The van der Waals surface area contributed by atoms with Gasteiger partial charge in [0.1, 0.15) is 17.3 Å². The number of ether oxygens (including phenoxy) is 3. The highest BCUT2D eigenvalue weighted by Gasteiger charge is 2.46. The molecule has 0 spiro atoms. The van der Waals surface area contributed by atoms with Crippen molar-refractivity contribution >= 4 is 17.4 Å². The van der Waals surface area contributed by atoms with Crippen LogP contribution in [-0.4, -0.2) is 80.2 Å². The van der Waals surface area contributed by atoms with Gasteiger partial charge in [-0.15, -0.1) is 0 Å². The summed E-state index contributed by atoms with van der Waals surface area (Å²) in [7, 11) is 3.00. The van der Waals surface area contributed by atoms with E-state index in [1.165, 1.54) is 14.2 Å². The minimum absolute atomic E-state index is 0.0524. The summed E-state index contributed by atoms with van der Waals surface area (Å²) in [4.78, 5) is 30.0. The van der Waals surface area contributed by atoms with Crippen LogP contribution in [0.25, 0.3) is 5.76 Å². The molecule has 8 nitrogen and oxygen atoms in total. The zero-order chi connectivity index (χ0) is 23.4. The van der Waals surface area contributed by atoms with Gasteiger partial charge in [-0.2, -0.15) is 0 Å². The molecule has 33 heavy (non-hydrogen) atoms. The minimum atomic E-state index is -0.707. The number of methoxy groups -OCH3 is 2. The minimum Gasteiger partial charge on any atom is -0.507 e. The predicted octanol–water partition coefficient (Wildman–Crippen LogP) is 2.46. The van der Waals surface area contributed by atoms with Crippen LogP contribution in [0.4, 0.5) is 0 Å². The second kappa shape index (κ2) is 10.1. The summed E-state index contributed by atoms with van der Waals surface area (Å²) < 4.78 is 16.1. The van der Waals surface area contributed by atoms with E-state index in [2.05, 4.69) is 4.90 Å². The van der Waals surface area contributed by atoms with E-state index < -0.39 is 17.7 Å². The van der Waals surface area contributed by atoms with Crippen LogP contribution in [0.1, 0.15) is 17.2 Å². The Morgan fingerprint density at radius 1 is 1.03 bits per heavy atom. The van der Waals surface area contributed by atoms with Gasteiger partial charge in [0, 0.05) is 32.2 Å². The van der Waals surface area contributed by atoms with Crippen LogP contribution in [0.5, 0.6) is 11.5 Å². The van der Waals surface area contributed by atoms with Crippen LogP contribution >= 0.6 is 0 Å². The fourth-order valence-corrected chi connectivity index (χ4v) is 4.31. The van der Waals surface area contributed by atoms with E-state index in [9.17, 15) is 14.7 Å². The normalized spacial score (nSPS) is 20.8. The van der Waals surface area contributed by atoms with Crippen LogP contribution in [0.15, 0.2) is 54.1 Å². The quantitative estimate of drug-likeness (QED) is 0.392. The topological polar surface area (TPSA) is 88.5 Å². The zero-order valence-corrected chi connectivity index (χ0v) is 18.8. The number of likely N-dealkylation sites (tertiary alicyclic amines) is 1. The lowest BCUT2D eigenvalue weighted by molar-refractivity contribution is -0.140. The number of benzene rings is 2. The van der Waals surface area contributed by atoms with E-state index in [-0.39, 0.29) is 11.3 Å². The second-order valence-corrected chi connectivity index (χ2v) is 7.92. The Balaban J connectivity index is 1.75. The number of carbonyl (C=O) groups is 2. The number of Topliss-reactive ketones (excluding diaryl/α,β-unsaturated/α-hetero) is 1. The van der Waals surface area contributed by atoms with Gasteiger partial charge in [-0.1, -0.05) is 30.3 Å². The molecule has 0 saturated carbocycles. The molecule has 4 rings (SSSR count). The van der Waals surface area contributed by atoms with E-state index in [4.69, 9.17) is 14.2 Å². The predicted molar refractivity (Wildman–Crippen MR) is 122 cm³/mol. The Hall–Kier alpha value is -3.36. The van der Waals surface area contributed by atoms with E-state index in [0.29, 0.717) is 43.4 Å². The molecule has 0 bridgehead atoms. The van der Waals surface area contributed by atoms with Gasteiger partial charge < -0.3 is 24.2 Å². The molecule has 174 valence electrons. The van der Waals surface area contributed by atoms with Gasteiger partial charge in [0.2, 0.25) is 0 Å². The second-order valence-electron chi connectivity index (χ2n) is 7.92. The molecule has 2 heterocycles. The van der Waals surface area contributed by atoms with Crippen LogP contribution in [-0.2, 0) is 14.3 Å². The molecule has 0 aromatic heterocycles. The third kappa shape index (κ3) is 4.58. The summed E-state index contributed by atoms with van der Waals surface area (Å²) in [5, 5.41) is 11.3. The number of carbonyl (C=O) groups excluding carboxylic acids is 2. The molecule has 2 aliphatic heterocycles. The van der Waals surface area contributed by atoms with Crippen LogP contribution in [0, 0.1) is 0 Å². The molecule has 1 amide bonds. The maximum absolute atomic E-state index is 13.2. The number of hydrogen-bond donors (Lipinski definition) is 1. The first kappa shape index (κ1) is 22.8. The molecular formula is C25H28N2O6. The third-order valence-electron chi connectivity index (χ3n) is 6.08. The fourth-order valence-electron chi connectivity index (χ4n) is 4.31. The number of amides is 1. The maximum Gasteiger partial charge on any atom is 0.295 e. The summed E-state index contributed by atoms with van der Waals surface area (Å²) in [6.07, 6.45) is 0. The van der Waals surface area contributed by atoms with Crippen LogP contribution in [0.3, 0.4) is 0 Å². The maximum atomic E-state index is 13.2. The SMILES string of the molecule is COc1ccc(C(O)=C2C(=O)C(=O)N(CCN3CCOCC3)[C@H]2c2ccccc2)c(OC)c1. The van der Waals surface area contributed by atoms with Crippen molar-refractivity contribution in [3.8, 4) is 11.5 Å². The highest BCUT2D eigenvalue weighted by molar-refractivity contribution is 6.46. The summed E-state index contributed by atoms with van der Waals surface area (Å²) in [6, 6.07) is 13.5. The lowest BCUT2D eigenvalue weighted by Gasteiger charge is -2.31. The lowest BCUT2D eigenvalue weighted by atomic mass is 9.95. The molecule has 1 atom stereocenters. The van der Waals surface area contributed by atoms with E-state index >= 15 is 0 Å². The van der Waals surface area contributed by atoms with Crippen molar-refractivity contribution in [1.82, 2.24) is 9.80 Å². The molecular weight excluding hydrogens is 424 g/mol. The van der Waals surface area contributed by atoms with Gasteiger partial charge in [-0.3, -0.25) is 14.5 Å². The summed E-state index contributed by atoms with van der Waals surface area (Å²) >= 11 is 0. The number of hydrogen-bond acceptors (Lipinski definition) is 7. The lowest BCUT2D eigenvalue weighted by Crippen LogP contribution is -2.42. The van der Waals surface area contributed by atoms with Crippen molar-refractivity contribution in [2.45, 2.75) is 6.04 Å². The number of aliphatic hydroxyl groups is 1. The average Bonchev–Trinajstić information content (AvgIpc) is 3.12. The molecule has 2 saturated heterocycles. The molecule has 1 N–H and O–H groups in total. The smallest absolute Gasteiger partial charge is 0.295 e. The van der Waals surface area contributed by atoms with Crippen molar-refractivity contribution in [2.24, 2.45) is 0 Å². The Bertz CT molecular complexity index is 1050. The largest absolute Gasteiger partial charge is 0.507 e. The van der Waals surface area contributed by atoms with Gasteiger partial charge in [0.05, 0.1) is 44.6 Å². The third-order valence-corrected chi connectivity index (χ3v) is 6.08. The Kier molecular flexibility index (Phi) is 6.96. The number of ketones is 1. The van der Waals surface area contributed by atoms with Gasteiger partial charge >= 0.3 is 0 Å². The van der Waals surface area contributed by atoms with Crippen LogP contribution in [0.2, 0.25) is 0 Å². The average molecular weight is 453 g/mol. The molecule has 2 aromatic rings. The standard InChI is InChI=1S/C25H28N2O6/c1-31-18-8-9-19(20(16-18)32-2)23(28)21-22(17-6-4-3-5-7-17)27(25(30)24(21)29)11-10-26-12-14-33-15-13-26/h3-9,16,22,28H,10-15H2,1-2H3/t22-/m0/s1. The molecule has 2 fully saturated rings. The van der Waals surface area contributed by atoms with Crippen molar-refractivity contribution in [3.63, 3.8) is 0 Å². The molecule has 8 heteroatoms. The van der Waals surface area contributed by atoms with Gasteiger partial charge in [0.15, 0.2) is 0 Å². The number of aliphatic hydroxyl groups excluding tert-OH is 1. The van der Waals surface area contributed by atoms with Gasteiger partial charge in [-0.05, 0) is 17.7 Å². The number of nitrogens with zero attached hydrogens (tertiary/aromatic N) is 2. The molecule has 0 aliphatic carbocycles. The first-order valence-electron chi connectivity index (χ1n) is 10.9. The van der Waals surface area contributed by atoms with Crippen molar-refractivity contribution in [1.29, 1.82) is 0 Å². The Morgan fingerprint density at radius 2 is 1.76 bits per heavy atom. The molecule has 0 radical (unpaired) electrons. The van der Waals surface area contributed by atoms with Crippen molar-refractivity contribution in [3.05, 3.63) is 65.2 Å². The highest BCUT2D eigenvalue weighted by Crippen LogP contribution is 2.41. The highest BCUT2D eigenvalue weighted by atomic mass is 16.5. The number of morpholine rings is 1. The van der Waals surface area contributed by atoms with Crippen molar-refractivity contribution < 1.29 is 28.9 Å². The molecule has 2 aromatic carbocycles.